The Morgan fingerprint density at radius 3 is 2.71 bits per heavy atom. The highest BCUT2D eigenvalue weighted by Gasteiger charge is 2.14. The molecule has 0 atom stereocenters. The number of hydrogen-bond donors (Lipinski definition) is 1. The van der Waals surface area contributed by atoms with Crippen molar-refractivity contribution in [3.63, 3.8) is 0 Å². The number of aryl methyl sites for hydroxylation is 1. The molecular weight excluding hydrogens is 376 g/mol. The van der Waals surface area contributed by atoms with E-state index in [-0.39, 0.29) is 16.8 Å². The van der Waals surface area contributed by atoms with E-state index in [4.69, 9.17) is 9.47 Å². The number of nitrogens with one attached hydrogen (secondary N) is 1. The Bertz CT molecular complexity index is 1080. The molecule has 0 saturated heterocycles. The van der Waals surface area contributed by atoms with Crippen LogP contribution in [0.1, 0.15) is 31.9 Å². The minimum Gasteiger partial charge on any atom is -0.486 e. The highest BCUT2D eigenvalue weighted by Crippen LogP contribution is 2.31. The van der Waals surface area contributed by atoms with Crippen LogP contribution in [-0.4, -0.2) is 23.7 Å². The van der Waals surface area contributed by atoms with Gasteiger partial charge in [-0.25, -0.2) is 0 Å². The predicted molar refractivity (Wildman–Crippen MR) is 111 cm³/mol. The fourth-order valence-corrected chi connectivity index (χ4v) is 4.38. The molecule has 0 bridgehead atoms. The van der Waals surface area contributed by atoms with Crippen molar-refractivity contribution in [2.75, 3.05) is 18.5 Å². The van der Waals surface area contributed by atoms with Gasteiger partial charge in [-0.2, -0.15) is 0 Å². The van der Waals surface area contributed by atoms with Crippen molar-refractivity contribution in [1.29, 1.82) is 0 Å². The number of benzene rings is 2. The van der Waals surface area contributed by atoms with Crippen LogP contribution in [-0.2, 0) is 11.2 Å². The van der Waals surface area contributed by atoms with E-state index in [9.17, 15) is 9.59 Å². The Morgan fingerprint density at radius 2 is 1.93 bits per heavy atom. The van der Waals surface area contributed by atoms with E-state index in [0.29, 0.717) is 31.7 Å². The third-order valence-corrected chi connectivity index (χ3v) is 5.58. The van der Waals surface area contributed by atoms with E-state index in [2.05, 4.69) is 5.32 Å². The molecule has 3 aromatic rings. The summed E-state index contributed by atoms with van der Waals surface area (Å²) in [6, 6.07) is 11.5. The van der Waals surface area contributed by atoms with E-state index in [1.54, 1.807) is 4.57 Å². The van der Waals surface area contributed by atoms with Crippen molar-refractivity contribution >= 4 is 33.1 Å². The number of amides is 1. The van der Waals surface area contributed by atoms with Crippen LogP contribution in [0.3, 0.4) is 0 Å². The molecule has 1 aromatic heterocycles. The first-order valence-electron chi connectivity index (χ1n) is 9.35. The molecule has 6 nitrogen and oxygen atoms in total. The molecule has 1 amide bonds. The molecule has 0 unspecified atom stereocenters. The molecule has 0 spiro atoms. The maximum Gasteiger partial charge on any atom is 0.308 e. The van der Waals surface area contributed by atoms with Gasteiger partial charge >= 0.3 is 4.87 Å². The number of carbonyl (C=O) groups excluding carboxylic acids is 1. The summed E-state index contributed by atoms with van der Waals surface area (Å²) in [6.07, 6.45) is 0.975. The van der Waals surface area contributed by atoms with Crippen LogP contribution in [0.15, 0.2) is 41.2 Å². The van der Waals surface area contributed by atoms with Crippen LogP contribution in [0.2, 0.25) is 0 Å². The monoisotopic (exact) mass is 398 g/mol. The number of carbonyl (C=O) groups is 1. The second-order valence-corrected chi connectivity index (χ2v) is 8.03. The summed E-state index contributed by atoms with van der Waals surface area (Å²) in [7, 11) is 0. The van der Waals surface area contributed by atoms with Crippen LogP contribution >= 0.6 is 11.3 Å². The summed E-state index contributed by atoms with van der Waals surface area (Å²) < 4.78 is 13.7. The molecule has 7 heteroatoms. The number of hydrogen-bond acceptors (Lipinski definition) is 5. The molecule has 2 heterocycles. The summed E-state index contributed by atoms with van der Waals surface area (Å²) in [4.78, 5) is 24.5. The molecule has 146 valence electrons. The summed E-state index contributed by atoms with van der Waals surface area (Å²) >= 11 is 1.20. The first-order chi connectivity index (χ1) is 13.5. The van der Waals surface area contributed by atoms with Crippen LogP contribution in [0.4, 0.5) is 5.69 Å². The third kappa shape index (κ3) is 3.75. The van der Waals surface area contributed by atoms with Gasteiger partial charge in [-0.15, -0.1) is 0 Å². The minimum atomic E-state index is -0.0649. The maximum atomic E-state index is 12.4. The normalized spacial score (nSPS) is 13.1. The van der Waals surface area contributed by atoms with E-state index < -0.39 is 0 Å². The van der Waals surface area contributed by atoms with Crippen LogP contribution in [0, 0.1) is 0 Å². The van der Waals surface area contributed by atoms with Crippen molar-refractivity contribution in [2.24, 2.45) is 0 Å². The standard InChI is InChI=1S/C21H22N2O4S/c1-13(2)23-16-6-5-15(12-19(16)28-21(23)25)22-20(24)8-4-14-3-7-17-18(11-14)27-10-9-26-17/h3,5-7,11-13H,4,8-10H2,1-2H3,(H,22,24). The van der Waals surface area contributed by atoms with Gasteiger partial charge in [0.2, 0.25) is 5.91 Å². The minimum absolute atomic E-state index is 0.0204. The zero-order valence-corrected chi connectivity index (χ0v) is 16.7. The molecule has 2 aromatic carbocycles. The first kappa shape index (κ1) is 18.6. The fraction of sp³-hybridized carbons (Fsp3) is 0.333. The van der Waals surface area contributed by atoms with Crippen molar-refractivity contribution in [3.05, 3.63) is 51.6 Å². The van der Waals surface area contributed by atoms with Gasteiger partial charge in [-0.05, 0) is 56.2 Å². The van der Waals surface area contributed by atoms with Crippen molar-refractivity contribution < 1.29 is 14.3 Å². The van der Waals surface area contributed by atoms with Gasteiger partial charge in [0.1, 0.15) is 13.2 Å². The Morgan fingerprint density at radius 1 is 1.14 bits per heavy atom. The van der Waals surface area contributed by atoms with Gasteiger partial charge in [-0.1, -0.05) is 17.4 Å². The molecule has 0 radical (unpaired) electrons. The maximum absolute atomic E-state index is 12.4. The number of nitrogens with zero attached hydrogens (tertiary/aromatic N) is 1. The van der Waals surface area contributed by atoms with Crippen LogP contribution in [0.25, 0.3) is 10.2 Å². The second-order valence-electron chi connectivity index (χ2n) is 7.04. The Balaban J connectivity index is 1.42. The average Bonchev–Trinajstić information content (AvgIpc) is 3.01. The van der Waals surface area contributed by atoms with Crippen molar-refractivity contribution in [2.45, 2.75) is 32.7 Å². The molecule has 0 aliphatic carbocycles. The molecule has 1 aliphatic heterocycles. The molecule has 1 aliphatic rings. The van der Waals surface area contributed by atoms with E-state index in [0.717, 1.165) is 27.3 Å². The van der Waals surface area contributed by atoms with Crippen LogP contribution in [0.5, 0.6) is 11.5 Å². The molecule has 0 saturated carbocycles. The SMILES string of the molecule is CC(C)n1c(=O)sc2cc(NC(=O)CCc3ccc4c(c3)OCCO4)ccc21. The van der Waals surface area contributed by atoms with Gasteiger partial charge < -0.3 is 14.8 Å². The quantitative estimate of drug-likeness (QED) is 0.706. The predicted octanol–water partition coefficient (Wildman–Crippen LogP) is 3.99. The summed E-state index contributed by atoms with van der Waals surface area (Å²) in [5, 5.41) is 2.93. The van der Waals surface area contributed by atoms with Crippen LogP contribution < -0.4 is 19.7 Å². The average molecular weight is 398 g/mol. The smallest absolute Gasteiger partial charge is 0.308 e. The zero-order chi connectivity index (χ0) is 19.7. The largest absolute Gasteiger partial charge is 0.486 e. The lowest BCUT2D eigenvalue weighted by molar-refractivity contribution is -0.116. The number of anilines is 1. The number of ether oxygens (including phenoxy) is 2. The Hall–Kier alpha value is -2.80. The molecular formula is C21H22N2O4S. The fourth-order valence-electron chi connectivity index (χ4n) is 3.33. The van der Waals surface area contributed by atoms with Crippen molar-refractivity contribution in [1.82, 2.24) is 4.57 Å². The lowest BCUT2D eigenvalue weighted by Crippen LogP contribution is -2.16. The molecule has 4 rings (SSSR count). The molecule has 1 N–H and O–H groups in total. The summed E-state index contributed by atoms with van der Waals surface area (Å²) in [5.41, 5.74) is 2.64. The highest BCUT2D eigenvalue weighted by atomic mass is 32.1. The van der Waals surface area contributed by atoms with Gasteiger partial charge in [-0.3, -0.25) is 14.2 Å². The van der Waals surface area contributed by atoms with E-state index in [1.165, 1.54) is 11.3 Å². The Labute approximate surface area is 166 Å². The summed E-state index contributed by atoms with van der Waals surface area (Å²) in [5.74, 6) is 1.42. The number of thiazole rings is 1. The summed E-state index contributed by atoms with van der Waals surface area (Å²) in [6.45, 7) is 5.08. The van der Waals surface area contributed by atoms with Gasteiger partial charge in [0.05, 0.1) is 10.2 Å². The molecule has 0 fully saturated rings. The number of fused-ring (bicyclic) bond motifs is 2. The van der Waals surface area contributed by atoms with E-state index in [1.807, 2.05) is 50.2 Å². The Kier molecular flexibility index (Phi) is 5.09. The topological polar surface area (TPSA) is 69.6 Å². The molecule has 28 heavy (non-hydrogen) atoms. The second kappa shape index (κ2) is 7.67. The lowest BCUT2D eigenvalue weighted by atomic mass is 10.1. The third-order valence-electron chi connectivity index (χ3n) is 4.66. The highest BCUT2D eigenvalue weighted by molar-refractivity contribution is 7.16. The van der Waals surface area contributed by atoms with Gasteiger partial charge in [0.15, 0.2) is 11.5 Å². The first-order valence-corrected chi connectivity index (χ1v) is 10.2. The number of aromatic nitrogens is 1. The lowest BCUT2D eigenvalue weighted by Gasteiger charge is -2.18. The number of rotatable bonds is 5. The van der Waals surface area contributed by atoms with Gasteiger partial charge in [0, 0.05) is 18.2 Å². The zero-order valence-electron chi connectivity index (χ0n) is 15.9. The van der Waals surface area contributed by atoms with E-state index >= 15 is 0 Å². The van der Waals surface area contributed by atoms with Gasteiger partial charge in [0.25, 0.3) is 0 Å². The van der Waals surface area contributed by atoms with Crippen molar-refractivity contribution in [3.8, 4) is 11.5 Å².